The Hall–Kier alpha value is -3.54. The number of methoxy groups -OCH3 is 1. The number of carbonyl (C=O) groups is 1. The summed E-state index contributed by atoms with van der Waals surface area (Å²) >= 11 is 0. The van der Waals surface area contributed by atoms with Crippen LogP contribution < -0.4 is 15.2 Å². The third kappa shape index (κ3) is 5.23. The molecule has 28 heavy (non-hydrogen) atoms. The van der Waals surface area contributed by atoms with Gasteiger partial charge in [-0.05, 0) is 37.5 Å². The lowest BCUT2D eigenvalue weighted by Gasteiger charge is -2.18. The first-order valence-electron chi connectivity index (χ1n) is 8.69. The molecule has 4 N–H and O–H groups in total. The largest absolute Gasteiger partial charge is 0.496 e. The molecule has 2 aromatic carbocycles. The van der Waals surface area contributed by atoms with Crippen molar-refractivity contribution in [2.24, 2.45) is 5.73 Å². The molecule has 0 heterocycles. The molecule has 0 spiro atoms. The number of nitrogens with one attached hydrogen (secondary N) is 1. The van der Waals surface area contributed by atoms with Crippen molar-refractivity contribution in [3.8, 4) is 11.5 Å². The summed E-state index contributed by atoms with van der Waals surface area (Å²) in [6.45, 7) is 3.88. The average molecular weight is 380 g/mol. The van der Waals surface area contributed by atoms with E-state index >= 15 is 0 Å². The quantitative estimate of drug-likeness (QED) is 0.287. The number of aromatic carboxylic acids is 1. The topological polar surface area (TPSA) is 106 Å². The average Bonchev–Trinajstić information content (AvgIpc) is 2.64. The fraction of sp³-hybridized carbons (Fsp3) is 0.182. The van der Waals surface area contributed by atoms with Crippen LogP contribution in [-0.2, 0) is 6.42 Å². The molecule has 2 rings (SSSR count). The van der Waals surface area contributed by atoms with Crippen LogP contribution >= 0.6 is 0 Å². The van der Waals surface area contributed by atoms with E-state index in [0.29, 0.717) is 23.3 Å². The van der Waals surface area contributed by atoms with Crippen LogP contribution in [-0.4, -0.2) is 24.2 Å². The van der Waals surface area contributed by atoms with Crippen LogP contribution in [0.25, 0.3) is 12.2 Å². The first-order chi connectivity index (χ1) is 13.3. The Morgan fingerprint density at radius 2 is 1.89 bits per heavy atom. The van der Waals surface area contributed by atoms with Crippen molar-refractivity contribution in [1.29, 1.82) is 5.41 Å². The monoisotopic (exact) mass is 380 g/mol. The summed E-state index contributed by atoms with van der Waals surface area (Å²) in [4.78, 5) is 12.0. The van der Waals surface area contributed by atoms with E-state index in [1.54, 1.807) is 18.2 Å². The van der Waals surface area contributed by atoms with Gasteiger partial charge in [-0.2, -0.15) is 0 Å². The summed E-state index contributed by atoms with van der Waals surface area (Å²) in [6.07, 6.45) is 5.79. The van der Waals surface area contributed by atoms with Gasteiger partial charge in [-0.25, -0.2) is 4.79 Å². The van der Waals surface area contributed by atoms with E-state index in [4.69, 9.17) is 20.6 Å². The molecular weight excluding hydrogens is 356 g/mol. The number of ether oxygens (including phenoxy) is 2. The molecule has 146 valence electrons. The molecule has 0 fully saturated rings. The Balaban J connectivity index is 2.70. The second-order valence-electron chi connectivity index (χ2n) is 6.35. The highest BCUT2D eigenvalue weighted by Crippen LogP contribution is 2.37. The van der Waals surface area contributed by atoms with Crippen molar-refractivity contribution in [3.05, 3.63) is 70.3 Å². The Morgan fingerprint density at radius 3 is 2.43 bits per heavy atom. The number of rotatable bonds is 7. The summed E-state index contributed by atoms with van der Waals surface area (Å²) in [5.74, 6) is -0.693. The third-order valence-electron chi connectivity index (χ3n) is 3.99. The van der Waals surface area contributed by atoms with Crippen molar-refractivity contribution in [1.82, 2.24) is 0 Å². The first-order valence-corrected chi connectivity index (χ1v) is 8.69. The van der Waals surface area contributed by atoms with Gasteiger partial charge in [0, 0.05) is 5.56 Å². The van der Waals surface area contributed by atoms with Gasteiger partial charge in [0.25, 0.3) is 6.02 Å². The van der Waals surface area contributed by atoms with Crippen LogP contribution in [0, 0.1) is 5.41 Å². The molecule has 0 unspecified atom stereocenters. The SMILES string of the molecule is COc1cc(/C=C/c2ccccc2)c(C(=O)O)c(OC(=N)N)c1CC=C(C)C. The van der Waals surface area contributed by atoms with Crippen LogP contribution in [0.15, 0.2) is 48.0 Å². The Morgan fingerprint density at radius 1 is 1.21 bits per heavy atom. The lowest BCUT2D eigenvalue weighted by Crippen LogP contribution is -2.21. The number of amidine groups is 1. The van der Waals surface area contributed by atoms with E-state index in [1.807, 2.05) is 50.3 Å². The highest BCUT2D eigenvalue weighted by atomic mass is 16.5. The van der Waals surface area contributed by atoms with Crippen molar-refractivity contribution in [2.45, 2.75) is 20.3 Å². The van der Waals surface area contributed by atoms with Gasteiger partial charge in [-0.3, -0.25) is 5.41 Å². The minimum Gasteiger partial charge on any atom is -0.496 e. The number of hydrogen-bond acceptors (Lipinski definition) is 4. The van der Waals surface area contributed by atoms with Gasteiger partial charge in [0.2, 0.25) is 0 Å². The molecule has 0 saturated carbocycles. The van der Waals surface area contributed by atoms with Crippen molar-refractivity contribution in [3.63, 3.8) is 0 Å². The van der Waals surface area contributed by atoms with Gasteiger partial charge in [0.1, 0.15) is 11.3 Å². The maximum absolute atomic E-state index is 12.0. The molecule has 0 aromatic heterocycles. The Labute approximate surface area is 164 Å². The maximum Gasteiger partial charge on any atom is 0.340 e. The summed E-state index contributed by atoms with van der Waals surface area (Å²) in [6, 6.07) is 10.6. The lowest BCUT2D eigenvalue weighted by atomic mass is 9.97. The summed E-state index contributed by atoms with van der Waals surface area (Å²) in [5, 5.41) is 17.3. The predicted octanol–water partition coefficient (Wildman–Crippen LogP) is 4.34. The van der Waals surface area contributed by atoms with E-state index in [-0.39, 0.29) is 11.3 Å². The van der Waals surface area contributed by atoms with Gasteiger partial charge < -0.3 is 20.3 Å². The van der Waals surface area contributed by atoms with Crippen molar-refractivity contribution < 1.29 is 19.4 Å². The van der Waals surface area contributed by atoms with Crippen LogP contribution in [0.3, 0.4) is 0 Å². The molecule has 0 aliphatic carbocycles. The van der Waals surface area contributed by atoms with Crippen molar-refractivity contribution >= 4 is 24.1 Å². The number of benzene rings is 2. The molecule has 0 aliphatic rings. The highest BCUT2D eigenvalue weighted by molar-refractivity contribution is 5.98. The van der Waals surface area contributed by atoms with E-state index in [2.05, 4.69) is 0 Å². The minimum atomic E-state index is -1.18. The van der Waals surface area contributed by atoms with E-state index in [1.165, 1.54) is 7.11 Å². The zero-order valence-corrected chi connectivity index (χ0v) is 16.2. The summed E-state index contributed by atoms with van der Waals surface area (Å²) in [5.41, 5.74) is 8.24. The fourth-order valence-electron chi connectivity index (χ4n) is 2.70. The van der Waals surface area contributed by atoms with Gasteiger partial charge in [0.15, 0.2) is 5.75 Å². The number of carboxylic acid groups (broad SMARTS) is 1. The second kappa shape index (κ2) is 9.41. The fourth-order valence-corrected chi connectivity index (χ4v) is 2.70. The highest BCUT2D eigenvalue weighted by Gasteiger charge is 2.24. The number of carboxylic acids is 1. The Bertz CT molecular complexity index is 927. The molecule has 0 radical (unpaired) electrons. The van der Waals surface area contributed by atoms with Crippen molar-refractivity contribution in [2.75, 3.05) is 7.11 Å². The normalized spacial score (nSPS) is 10.5. The molecule has 0 aliphatic heterocycles. The lowest BCUT2D eigenvalue weighted by molar-refractivity contribution is 0.0694. The minimum absolute atomic E-state index is 0.0181. The van der Waals surface area contributed by atoms with Crippen LogP contribution in [0.5, 0.6) is 11.5 Å². The van der Waals surface area contributed by atoms with Crippen LogP contribution in [0.1, 0.15) is 40.9 Å². The van der Waals surface area contributed by atoms with E-state index in [0.717, 1.165) is 11.1 Å². The molecular formula is C22H24N2O4. The summed E-state index contributed by atoms with van der Waals surface area (Å²) < 4.78 is 10.8. The van der Waals surface area contributed by atoms with Gasteiger partial charge in [0.05, 0.1) is 7.11 Å². The predicted molar refractivity (Wildman–Crippen MR) is 111 cm³/mol. The van der Waals surface area contributed by atoms with Crippen LogP contribution in [0.2, 0.25) is 0 Å². The zero-order chi connectivity index (χ0) is 20.7. The molecule has 2 aromatic rings. The van der Waals surface area contributed by atoms with Gasteiger partial charge >= 0.3 is 5.97 Å². The molecule has 6 nitrogen and oxygen atoms in total. The number of allylic oxidation sites excluding steroid dienone is 2. The molecule has 0 atom stereocenters. The van der Waals surface area contributed by atoms with E-state index < -0.39 is 12.0 Å². The third-order valence-corrected chi connectivity index (χ3v) is 3.99. The first kappa shape index (κ1) is 20.8. The molecule has 0 bridgehead atoms. The number of nitrogens with two attached hydrogens (primary N) is 1. The summed E-state index contributed by atoms with van der Waals surface area (Å²) in [7, 11) is 1.50. The molecule has 0 amide bonds. The molecule has 0 saturated heterocycles. The zero-order valence-electron chi connectivity index (χ0n) is 16.2. The molecule has 6 heteroatoms. The smallest absolute Gasteiger partial charge is 0.340 e. The van der Waals surface area contributed by atoms with E-state index in [9.17, 15) is 9.90 Å². The van der Waals surface area contributed by atoms with Gasteiger partial charge in [-0.15, -0.1) is 0 Å². The Kier molecular flexibility index (Phi) is 6.98. The maximum atomic E-state index is 12.0. The standard InChI is InChI=1S/C22H24N2O4/c1-14(2)9-12-17-18(27-3)13-16(11-10-15-7-5-4-6-8-15)19(21(25)26)20(17)28-22(23)24/h4-11,13H,12H2,1-3H3,(H3,23,24)(H,25,26)/b11-10+. The van der Waals surface area contributed by atoms with Gasteiger partial charge in [-0.1, -0.05) is 54.1 Å². The second-order valence-corrected chi connectivity index (χ2v) is 6.35. The van der Waals surface area contributed by atoms with Crippen LogP contribution in [0.4, 0.5) is 0 Å². The number of hydrogen-bond donors (Lipinski definition) is 3.